The highest BCUT2D eigenvalue weighted by Crippen LogP contribution is 2.24. The number of benzene rings is 2. The third-order valence-electron chi connectivity index (χ3n) is 5.29. The number of fused-ring (bicyclic) bond motifs is 1. The molecule has 4 nitrogen and oxygen atoms in total. The van der Waals surface area contributed by atoms with Crippen LogP contribution in [0.5, 0.6) is 0 Å². The van der Waals surface area contributed by atoms with E-state index < -0.39 is 0 Å². The summed E-state index contributed by atoms with van der Waals surface area (Å²) < 4.78 is 0. The molecule has 0 atom stereocenters. The van der Waals surface area contributed by atoms with Crippen molar-refractivity contribution in [2.45, 2.75) is 26.8 Å². The molecule has 1 amide bonds. The Morgan fingerprint density at radius 3 is 2.70 bits per heavy atom. The number of aromatic nitrogens is 1. The van der Waals surface area contributed by atoms with Crippen LogP contribution in [-0.2, 0) is 13.0 Å². The maximum absolute atomic E-state index is 13.0. The first kappa shape index (κ1) is 17.3. The zero-order chi connectivity index (χ0) is 18.8. The van der Waals surface area contributed by atoms with Crippen molar-refractivity contribution in [1.82, 2.24) is 9.88 Å². The van der Waals surface area contributed by atoms with Crippen LogP contribution in [0.25, 0.3) is 0 Å². The predicted molar refractivity (Wildman–Crippen MR) is 108 cm³/mol. The number of rotatable bonds is 3. The summed E-state index contributed by atoms with van der Waals surface area (Å²) in [6.45, 7) is 5.58. The molecule has 0 saturated carbocycles. The van der Waals surface area contributed by atoms with E-state index in [1.165, 1.54) is 22.3 Å². The van der Waals surface area contributed by atoms with Crippen molar-refractivity contribution in [3.05, 3.63) is 88.6 Å². The molecule has 27 heavy (non-hydrogen) atoms. The fraction of sp³-hybridized carbons (Fsp3) is 0.217. The number of nitrogens with one attached hydrogen (secondary N) is 1. The highest BCUT2D eigenvalue weighted by Gasteiger charge is 2.21. The normalized spacial score (nSPS) is 13.2. The van der Waals surface area contributed by atoms with Gasteiger partial charge in [0.1, 0.15) is 5.82 Å². The molecule has 0 aliphatic carbocycles. The maximum Gasteiger partial charge on any atom is 0.254 e. The van der Waals surface area contributed by atoms with Crippen LogP contribution in [0.2, 0.25) is 0 Å². The third-order valence-corrected chi connectivity index (χ3v) is 5.29. The molecule has 1 aliphatic rings. The second-order valence-electron chi connectivity index (χ2n) is 7.05. The Labute approximate surface area is 159 Å². The first-order valence-electron chi connectivity index (χ1n) is 9.27. The summed E-state index contributed by atoms with van der Waals surface area (Å²) in [4.78, 5) is 19.3. The van der Waals surface area contributed by atoms with Gasteiger partial charge in [-0.15, -0.1) is 0 Å². The van der Waals surface area contributed by atoms with Crippen molar-refractivity contribution in [2.24, 2.45) is 0 Å². The molecule has 0 saturated heterocycles. The maximum atomic E-state index is 13.0. The van der Waals surface area contributed by atoms with Gasteiger partial charge in [-0.3, -0.25) is 4.79 Å². The van der Waals surface area contributed by atoms with Gasteiger partial charge in [-0.2, -0.15) is 0 Å². The lowest BCUT2D eigenvalue weighted by molar-refractivity contribution is 0.0734. The molecule has 1 N–H and O–H groups in total. The van der Waals surface area contributed by atoms with Crippen molar-refractivity contribution in [1.29, 1.82) is 0 Å². The van der Waals surface area contributed by atoms with E-state index in [-0.39, 0.29) is 5.91 Å². The summed E-state index contributed by atoms with van der Waals surface area (Å²) in [6.07, 6.45) is 2.60. The summed E-state index contributed by atoms with van der Waals surface area (Å²) >= 11 is 0. The zero-order valence-electron chi connectivity index (χ0n) is 15.7. The Hall–Kier alpha value is -3.14. The summed E-state index contributed by atoms with van der Waals surface area (Å²) in [5.74, 6) is 0.739. The Kier molecular flexibility index (Phi) is 4.63. The van der Waals surface area contributed by atoms with E-state index in [4.69, 9.17) is 0 Å². The van der Waals surface area contributed by atoms with Crippen LogP contribution in [0.4, 0.5) is 11.5 Å². The molecule has 0 unspecified atom stereocenters. The molecule has 2 aromatic carbocycles. The Morgan fingerprint density at radius 1 is 1.04 bits per heavy atom. The molecule has 1 aliphatic heterocycles. The molecule has 1 aromatic heterocycles. The van der Waals surface area contributed by atoms with Crippen LogP contribution in [0.3, 0.4) is 0 Å². The average molecular weight is 357 g/mol. The second-order valence-corrected chi connectivity index (χ2v) is 7.05. The zero-order valence-corrected chi connectivity index (χ0v) is 15.7. The first-order chi connectivity index (χ1) is 13.1. The van der Waals surface area contributed by atoms with E-state index in [2.05, 4.69) is 48.4 Å². The molecule has 0 fully saturated rings. The van der Waals surface area contributed by atoms with Crippen LogP contribution in [0.15, 0.2) is 60.8 Å². The molecule has 4 heteroatoms. The molecule has 0 spiro atoms. The molecule has 2 heterocycles. The highest BCUT2D eigenvalue weighted by atomic mass is 16.2. The largest absolute Gasteiger partial charge is 0.340 e. The predicted octanol–water partition coefficient (Wildman–Crippen LogP) is 4.64. The number of anilines is 2. The number of amides is 1. The summed E-state index contributed by atoms with van der Waals surface area (Å²) in [7, 11) is 0. The van der Waals surface area contributed by atoms with Crippen LogP contribution >= 0.6 is 0 Å². The van der Waals surface area contributed by atoms with Gasteiger partial charge in [0.15, 0.2) is 0 Å². The van der Waals surface area contributed by atoms with Crippen LogP contribution in [-0.4, -0.2) is 22.3 Å². The number of hydrogen-bond donors (Lipinski definition) is 1. The molecule has 0 bridgehead atoms. The SMILES string of the molecule is Cc1cccc(Nc2cc(C(=O)N3CCc4ccccc4C3)ccn2)c1C. The van der Waals surface area contributed by atoms with Crippen molar-refractivity contribution in [2.75, 3.05) is 11.9 Å². The summed E-state index contributed by atoms with van der Waals surface area (Å²) in [5, 5.41) is 3.35. The van der Waals surface area contributed by atoms with Crippen LogP contribution in [0.1, 0.15) is 32.6 Å². The van der Waals surface area contributed by atoms with Crippen molar-refractivity contribution >= 4 is 17.4 Å². The smallest absolute Gasteiger partial charge is 0.254 e. The van der Waals surface area contributed by atoms with Gasteiger partial charge in [-0.1, -0.05) is 36.4 Å². The fourth-order valence-electron chi connectivity index (χ4n) is 3.51. The molecule has 136 valence electrons. The van der Waals surface area contributed by atoms with Gasteiger partial charge < -0.3 is 10.2 Å². The van der Waals surface area contributed by atoms with E-state index in [1.807, 2.05) is 29.2 Å². The van der Waals surface area contributed by atoms with Crippen molar-refractivity contribution in [3.8, 4) is 0 Å². The van der Waals surface area contributed by atoms with E-state index in [1.54, 1.807) is 12.3 Å². The lowest BCUT2D eigenvalue weighted by Crippen LogP contribution is -2.35. The number of carbonyl (C=O) groups is 1. The minimum atomic E-state index is 0.0518. The molecular weight excluding hydrogens is 334 g/mol. The van der Waals surface area contributed by atoms with Crippen LogP contribution < -0.4 is 5.32 Å². The van der Waals surface area contributed by atoms with E-state index in [9.17, 15) is 4.79 Å². The summed E-state index contributed by atoms with van der Waals surface area (Å²) in [6, 6.07) is 18.1. The number of nitrogens with zero attached hydrogens (tertiary/aromatic N) is 2. The van der Waals surface area contributed by atoms with Gasteiger partial charge in [-0.05, 0) is 60.7 Å². The molecule has 3 aromatic rings. The Bertz CT molecular complexity index is 996. The highest BCUT2D eigenvalue weighted by molar-refractivity contribution is 5.95. The number of aryl methyl sites for hydroxylation is 1. The summed E-state index contributed by atoms with van der Waals surface area (Å²) in [5.41, 5.74) is 6.66. The van der Waals surface area contributed by atoms with Gasteiger partial charge in [0, 0.05) is 30.5 Å². The standard InChI is InChI=1S/C23H23N3O/c1-16-6-5-9-21(17(16)2)25-22-14-19(10-12-24-22)23(27)26-13-11-18-7-3-4-8-20(18)15-26/h3-10,12,14H,11,13,15H2,1-2H3,(H,24,25). The lowest BCUT2D eigenvalue weighted by atomic mass is 9.99. The first-order valence-corrected chi connectivity index (χ1v) is 9.27. The van der Waals surface area contributed by atoms with Crippen molar-refractivity contribution < 1.29 is 4.79 Å². The number of carbonyl (C=O) groups excluding carboxylic acids is 1. The van der Waals surface area contributed by atoms with Gasteiger partial charge in [-0.25, -0.2) is 4.98 Å². The van der Waals surface area contributed by atoms with E-state index in [0.29, 0.717) is 17.9 Å². The topological polar surface area (TPSA) is 45.2 Å². The molecule has 0 radical (unpaired) electrons. The second kappa shape index (κ2) is 7.23. The third kappa shape index (κ3) is 3.56. The minimum absolute atomic E-state index is 0.0518. The fourth-order valence-corrected chi connectivity index (χ4v) is 3.51. The number of pyridine rings is 1. The van der Waals surface area contributed by atoms with Crippen molar-refractivity contribution in [3.63, 3.8) is 0 Å². The van der Waals surface area contributed by atoms with E-state index >= 15 is 0 Å². The number of hydrogen-bond acceptors (Lipinski definition) is 3. The van der Waals surface area contributed by atoms with Gasteiger partial charge in [0.25, 0.3) is 5.91 Å². The molecule has 4 rings (SSSR count). The van der Waals surface area contributed by atoms with Gasteiger partial charge >= 0.3 is 0 Å². The quantitative estimate of drug-likeness (QED) is 0.743. The van der Waals surface area contributed by atoms with Crippen LogP contribution in [0, 0.1) is 13.8 Å². The monoisotopic (exact) mass is 357 g/mol. The van der Waals surface area contributed by atoms with E-state index in [0.717, 1.165) is 18.7 Å². The Morgan fingerprint density at radius 2 is 1.85 bits per heavy atom. The Balaban J connectivity index is 1.54. The van der Waals surface area contributed by atoms with Gasteiger partial charge in [0.2, 0.25) is 0 Å². The lowest BCUT2D eigenvalue weighted by Gasteiger charge is -2.29. The molecular formula is C23H23N3O. The average Bonchev–Trinajstić information content (AvgIpc) is 2.71. The minimum Gasteiger partial charge on any atom is -0.340 e. The van der Waals surface area contributed by atoms with Gasteiger partial charge in [0.05, 0.1) is 0 Å².